The Morgan fingerprint density at radius 1 is 0.905 bits per heavy atom. The van der Waals surface area contributed by atoms with Crippen molar-refractivity contribution in [3.05, 3.63) is 0 Å². The number of ether oxygens (including phenoxy) is 1. The van der Waals surface area contributed by atoms with E-state index in [0.717, 1.165) is 0 Å². The largest absolute Gasteiger partial charge is 0.449 e. The molecule has 21 heavy (non-hydrogen) atoms. The zero-order valence-corrected chi connectivity index (χ0v) is 9.66. The van der Waals surface area contributed by atoms with Crippen LogP contribution in [0, 0.1) is 0 Å². The number of halogens is 10. The number of hydrogen-bond donors (Lipinski definition) is 2. The molecule has 0 saturated carbocycles. The molecule has 126 valence electrons. The Morgan fingerprint density at radius 3 is 1.57 bits per heavy atom. The van der Waals surface area contributed by atoms with Crippen molar-refractivity contribution in [1.82, 2.24) is 0 Å². The van der Waals surface area contributed by atoms with Crippen LogP contribution in [-0.4, -0.2) is 51.9 Å². The van der Waals surface area contributed by atoms with Gasteiger partial charge in [0.1, 0.15) is 0 Å². The third-order valence-electron chi connectivity index (χ3n) is 2.99. The van der Waals surface area contributed by atoms with Gasteiger partial charge in [0.15, 0.2) is 5.60 Å². The highest BCUT2D eigenvalue weighted by Crippen LogP contribution is 2.60. The first-order valence-corrected chi connectivity index (χ1v) is 4.85. The molecular formula is C8H6F10O3. The van der Waals surface area contributed by atoms with E-state index in [0.29, 0.717) is 0 Å². The second-order valence-electron chi connectivity index (χ2n) is 4.45. The molecule has 3 atom stereocenters. The van der Waals surface area contributed by atoms with Crippen molar-refractivity contribution in [3.63, 3.8) is 0 Å². The molecule has 0 aromatic heterocycles. The fourth-order valence-corrected chi connectivity index (χ4v) is 1.63. The number of alkyl halides is 10. The van der Waals surface area contributed by atoms with Crippen LogP contribution in [0.3, 0.4) is 0 Å². The van der Waals surface area contributed by atoms with Gasteiger partial charge >= 0.3 is 30.0 Å². The Labute approximate surface area is 109 Å². The van der Waals surface area contributed by atoms with Crippen LogP contribution >= 0.6 is 0 Å². The molecule has 3 nitrogen and oxygen atoms in total. The highest BCUT2D eigenvalue weighted by atomic mass is 19.4. The standard InChI is InChI=1S/C8H6F10O3/c1-3(19)4(9,10)2(5(11,12)13)21-7(20,6(3,14)15)8(16,17)18/h2,19-20H,1H3. The lowest BCUT2D eigenvalue weighted by atomic mass is 9.79. The van der Waals surface area contributed by atoms with Gasteiger partial charge in [-0.25, -0.2) is 0 Å². The molecule has 1 aliphatic rings. The average Bonchev–Trinajstić information content (AvgIpc) is 2.19. The van der Waals surface area contributed by atoms with Crippen LogP contribution in [0.2, 0.25) is 0 Å². The molecule has 1 saturated heterocycles. The van der Waals surface area contributed by atoms with Gasteiger partial charge in [-0.2, -0.15) is 43.9 Å². The molecule has 3 unspecified atom stereocenters. The molecule has 0 aromatic rings. The molecule has 1 aliphatic heterocycles. The third-order valence-corrected chi connectivity index (χ3v) is 2.99. The van der Waals surface area contributed by atoms with Crippen LogP contribution in [0.4, 0.5) is 43.9 Å². The maximum absolute atomic E-state index is 13.4. The first kappa shape index (κ1) is 18.2. The molecule has 0 spiro atoms. The van der Waals surface area contributed by atoms with E-state index < -0.39 is 48.6 Å². The van der Waals surface area contributed by atoms with Crippen LogP contribution in [0.1, 0.15) is 6.92 Å². The molecule has 0 bridgehead atoms. The van der Waals surface area contributed by atoms with E-state index in [-0.39, 0.29) is 0 Å². The highest BCUT2D eigenvalue weighted by Gasteiger charge is 2.89. The minimum Gasteiger partial charge on any atom is -0.378 e. The number of aliphatic hydroxyl groups is 2. The lowest BCUT2D eigenvalue weighted by molar-refractivity contribution is -0.531. The summed E-state index contributed by atoms with van der Waals surface area (Å²) < 4.78 is 130. The summed E-state index contributed by atoms with van der Waals surface area (Å²) in [6.45, 7) is -0.662. The Morgan fingerprint density at radius 2 is 1.29 bits per heavy atom. The second-order valence-corrected chi connectivity index (χ2v) is 4.45. The summed E-state index contributed by atoms with van der Waals surface area (Å²) >= 11 is 0. The summed E-state index contributed by atoms with van der Waals surface area (Å²) in [5.41, 5.74) is -5.19. The van der Waals surface area contributed by atoms with E-state index in [1.807, 2.05) is 0 Å². The lowest BCUT2D eigenvalue weighted by Gasteiger charge is -2.53. The van der Waals surface area contributed by atoms with E-state index in [4.69, 9.17) is 10.2 Å². The van der Waals surface area contributed by atoms with Crippen molar-refractivity contribution in [3.8, 4) is 0 Å². The highest BCUT2D eigenvalue weighted by molar-refractivity contribution is 5.16. The predicted molar refractivity (Wildman–Crippen MR) is 42.5 cm³/mol. The molecule has 1 rings (SSSR count). The maximum Gasteiger partial charge on any atom is 0.449 e. The molecule has 0 aromatic carbocycles. The van der Waals surface area contributed by atoms with E-state index in [2.05, 4.69) is 4.74 Å². The Balaban J connectivity index is 3.63. The zero-order valence-electron chi connectivity index (χ0n) is 9.66. The summed E-state index contributed by atoms with van der Waals surface area (Å²) in [4.78, 5) is 0. The van der Waals surface area contributed by atoms with Crippen molar-refractivity contribution in [1.29, 1.82) is 0 Å². The van der Waals surface area contributed by atoms with Gasteiger partial charge in [-0.15, -0.1) is 0 Å². The summed E-state index contributed by atoms with van der Waals surface area (Å²) in [6, 6.07) is 0. The van der Waals surface area contributed by atoms with Gasteiger partial charge < -0.3 is 14.9 Å². The summed E-state index contributed by atoms with van der Waals surface area (Å²) in [6.07, 6.45) is -17.7. The van der Waals surface area contributed by atoms with Gasteiger partial charge in [0, 0.05) is 0 Å². The fraction of sp³-hybridized carbons (Fsp3) is 1.00. The minimum atomic E-state index is -6.60. The summed E-state index contributed by atoms with van der Waals surface area (Å²) in [5.74, 6) is -18.0. The summed E-state index contributed by atoms with van der Waals surface area (Å²) in [5, 5.41) is 17.7. The maximum atomic E-state index is 13.4. The van der Waals surface area contributed by atoms with E-state index in [1.54, 1.807) is 0 Å². The van der Waals surface area contributed by atoms with Gasteiger partial charge in [0.2, 0.25) is 6.10 Å². The van der Waals surface area contributed by atoms with Gasteiger partial charge in [-0.3, -0.25) is 0 Å². The Kier molecular flexibility index (Phi) is 3.58. The molecule has 0 amide bonds. The zero-order chi connectivity index (χ0) is 17.3. The topological polar surface area (TPSA) is 49.7 Å². The van der Waals surface area contributed by atoms with E-state index in [9.17, 15) is 43.9 Å². The van der Waals surface area contributed by atoms with Crippen LogP contribution in [0.5, 0.6) is 0 Å². The van der Waals surface area contributed by atoms with Gasteiger partial charge in [-0.05, 0) is 6.92 Å². The normalized spacial score (nSPS) is 40.1. The molecule has 1 heterocycles. The molecule has 2 N–H and O–H groups in total. The molecule has 1 fully saturated rings. The SMILES string of the molecule is CC1(O)C(F)(F)C(C(F)(F)F)OC(O)(C(F)(F)F)C1(F)F. The predicted octanol–water partition coefficient (Wildman–Crippen LogP) is 2.22. The van der Waals surface area contributed by atoms with Crippen LogP contribution in [0.15, 0.2) is 0 Å². The summed E-state index contributed by atoms with van der Waals surface area (Å²) in [7, 11) is 0. The Hall–Kier alpha value is -0.820. The molecule has 0 radical (unpaired) electrons. The van der Waals surface area contributed by atoms with Crippen molar-refractivity contribution in [2.75, 3.05) is 0 Å². The quantitative estimate of drug-likeness (QED) is 0.665. The average molecular weight is 340 g/mol. The first-order chi connectivity index (χ1) is 8.84. The molecule has 0 aliphatic carbocycles. The van der Waals surface area contributed by atoms with Crippen LogP contribution in [-0.2, 0) is 4.74 Å². The van der Waals surface area contributed by atoms with E-state index >= 15 is 0 Å². The van der Waals surface area contributed by atoms with Crippen molar-refractivity contribution >= 4 is 0 Å². The molecule has 13 heteroatoms. The minimum absolute atomic E-state index is 0.662. The van der Waals surface area contributed by atoms with Gasteiger partial charge in [0.05, 0.1) is 0 Å². The molecular weight excluding hydrogens is 334 g/mol. The monoisotopic (exact) mass is 340 g/mol. The van der Waals surface area contributed by atoms with Crippen LogP contribution in [0.25, 0.3) is 0 Å². The Bertz CT molecular complexity index is 425. The second kappa shape index (κ2) is 4.13. The van der Waals surface area contributed by atoms with Crippen molar-refractivity contribution in [2.45, 2.75) is 48.6 Å². The third kappa shape index (κ3) is 2.08. The van der Waals surface area contributed by atoms with Crippen molar-refractivity contribution < 1.29 is 58.9 Å². The first-order valence-electron chi connectivity index (χ1n) is 4.85. The van der Waals surface area contributed by atoms with Gasteiger partial charge in [0.25, 0.3) is 0 Å². The van der Waals surface area contributed by atoms with Crippen molar-refractivity contribution in [2.24, 2.45) is 0 Å². The van der Waals surface area contributed by atoms with E-state index in [1.165, 1.54) is 0 Å². The lowest BCUT2D eigenvalue weighted by Crippen LogP contribution is -2.82. The fourth-order valence-electron chi connectivity index (χ4n) is 1.63. The van der Waals surface area contributed by atoms with Gasteiger partial charge in [-0.1, -0.05) is 0 Å². The number of rotatable bonds is 0. The number of hydrogen-bond acceptors (Lipinski definition) is 3. The smallest absolute Gasteiger partial charge is 0.378 e. The van der Waals surface area contributed by atoms with Crippen LogP contribution < -0.4 is 0 Å².